The second-order valence-electron chi connectivity index (χ2n) is 8.89. The highest BCUT2D eigenvalue weighted by molar-refractivity contribution is 6.01. The molecule has 2 aromatic heterocycles. The second kappa shape index (κ2) is 11.0. The molecule has 0 radical (unpaired) electrons. The summed E-state index contributed by atoms with van der Waals surface area (Å²) in [5.41, 5.74) is 9.80. The van der Waals surface area contributed by atoms with Crippen LogP contribution in [-0.2, 0) is 20.8 Å². The summed E-state index contributed by atoms with van der Waals surface area (Å²) >= 11 is 0. The van der Waals surface area contributed by atoms with Gasteiger partial charge < -0.3 is 30.3 Å². The Morgan fingerprint density at radius 3 is 2.84 bits per heavy atom. The molecule has 12 heteroatoms. The molecule has 198 valence electrons. The molecule has 0 bridgehead atoms. The second-order valence-corrected chi connectivity index (χ2v) is 8.89. The number of hydrogen-bond acceptors (Lipinski definition) is 9. The number of nitrogens with zero attached hydrogens (tertiary/aromatic N) is 5. The number of halogens is 1. The number of aromatic nitrogens is 3. The van der Waals surface area contributed by atoms with E-state index in [9.17, 15) is 9.18 Å². The molecular formula is C26H28FN7O4. The van der Waals surface area contributed by atoms with Crippen LogP contribution in [0.5, 0.6) is 5.88 Å². The van der Waals surface area contributed by atoms with Crippen molar-refractivity contribution in [2.75, 3.05) is 45.8 Å². The summed E-state index contributed by atoms with van der Waals surface area (Å²) in [6, 6.07) is 9.45. The van der Waals surface area contributed by atoms with E-state index in [1.54, 1.807) is 36.1 Å². The van der Waals surface area contributed by atoms with Crippen molar-refractivity contribution in [2.45, 2.75) is 19.4 Å². The molecule has 1 saturated heterocycles. The highest BCUT2D eigenvalue weighted by atomic mass is 19.1. The van der Waals surface area contributed by atoms with Crippen LogP contribution in [0.1, 0.15) is 28.6 Å². The zero-order valence-corrected chi connectivity index (χ0v) is 21.1. The number of fused-ring (bicyclic) bond motifs is 1. The summed E-state index contributed by atoms with van der Waals surface area (Å²) in [4.78, 5) is 32.9. The number of amides is 1. The van der Waals surface area contributed by atoms with E-state index in [4.69, 9.17) is 20.0 Å². The van der Waals surface area contributed by atoms with E-state index in [0.29, 0.717) is 72.6 Å². The molecule has 38 heavy (non-hydrogen) atoms. The van der Waals surface area contributed by atoms with Gasteiger partial charge in [0.15, 0.2) is 12.4 Å². The van der Waals surface area contributed by atoms with E-state index in [-0.39, 0.29) is 24.5 Å². The Kier molecular flexibility index (Phi) is 7.31. The normalized spacial score (nSPS) is 18.0. The van der Waals surface area contributed by atoms with Crippen molar-refractivity contribution in [3.63, 3.8) is 0 Å². The molecule has 4 heterocycles. The Bertz CT molecular complexity index is 1380. The summed E-state index contributed by atoms with van der Waals surface area (Å²) < 4.78 is 25.0. The zero-order valence-electron chi connectivity index (χ0n) is 21.1. The molecule has 1 atom stereocenters. The molecule has 5 rings (SSSR count). The first kappa shape index (κ1) is 25.3. The third-order valence-electron chi connectivity index (χ3n) is 6.43. The number of methoxy groups -OCH3 is 1. The fourth-order valence-corrected chi connectivity index (χ4v) is 4.64. The largest absolute Gasteiger partial charge is 0.481 e. The number of aryl methyl sites for hydroxylation is 1. The van der Waals surface area contributed by atoms with Crippen LogP contribution < -0.4 is 15.8 Å². The Morgan fingerprint density at radius 1 is 1.24 bits per heavy atom. The maximum Gasteiger partial charge on any atom is 0.263 e. The molecule has 0 spiro atoms. The molecule has 3 aromatic rings. The van der Waals surface area contributed by atoms with Gasteiger partial charge in [-0.15, -0.1) is 0 Å². The molecular weight excluding hydrogens is 493 g/mol. The Labute approximate surface area is 218 Å². The minimum atomic E-state index is -0.397. The van der Waals surface area contributed by atoms with Crippen LogP contribution in [-0.4, -0.2) is 71.6 Å². The SMILES string of the molecule is COc1cccc(-c2cc(F)ccc2C2Cc3nc(N)nc(C)c3/C(=N/OCC(=O)N3CCOCC3)N2)n1. The van der Waals surface area contributed by atoms with Crippen LogP contribution in [0.4, 0.5) is 10.3 Å². The Hall–Kier alpha value is -4.32. The molecule has 3 N–H and O–H groups in total. The third kappa shape index (κ3) is 5.35. The average molecular weight is 522 g/mol. The molecule has 2 aliphatic heterocycles. The molecule has 11 nitrogen and oxygen atoms in total. The molecule has 1 amide bonds. The van der Waals surface area contributed by atoms with E-state index in [1.165, 1.54) is 19.2 Å². The first-order valence-electron chi connectivity index (χ1n) is 12.2. The standard InChI is InChI=1S/C26H28FN7O4/c1-15-24-21(32-26(28)29-15)13-20(31-25(24)33-38-14-23(35)34-8-10-37-11-9-34)17-7-6-16(27)12-18(17)19-4-3-5-22(30-19)36-2/h3-7,12,20H,8-11,13-14H2,1-2H3,(H,31,33)(H2,28,29,32). The number of nitrogens with two attached hydrogens (primary N) is 1. The van der Waals surface area contributed by atoms with E-state index in [2.05, 4.69) is 25.4 Å². The van der Waals surface area contributed by atoms with Crippen LogP contribution in [0.25, 0.3) is 11.3 Å². The number of benzene rings is 1. The van der Waals surface area contributed by atoms with E-state index in [1.807, 2.05) is 0 Å². The summed E-state index contributed by atoms with van der Waals surface area (Å²) in [6.45, 7) is 3.60. The van der Waals surface area contributed by atoms with Gasteiger partial charge >= 0.3 is 0 Å². The fourth-order valence-electron chi connectivity index (χ4n) is 4.64. The van der Waals surface area contributed by atoms with E-state index < -0.39 is 5.82 Å². The molecule has 0 saturated carbocycles. The summed E-state index contributed by atoms with van der Waals surface area (Å²) in [5.74, 6) is 0.332. The number of carbonyl (C=O) groups excluding carboxylic acids is 1. The number of ether oxygens (including phenoxy) is 2. The topological polar surface area (TPSA) is 137 Å². The number of morpholine rings is 1. The molecule has 0 aliphatic carbocycles. The molecule has 1 aromatic carbocycles. The minimum absolute atomic E-state index is 0.137. The maximum atomic E-state index is 14.4. The summed E-state index contributed by atoms with van der Waals surface area (Å²) in [6.07, 6.45) is 0.428. The van der Waals surface area contributed by atoms with Gasteiger partial charge in [-0.1, -0.05) is 17.3 Å². The van der Waals surface area contributed by atoms with Gasteiger partial charge in [0.05, 0.1) is 49.0 Å². The van der Waals surface area contributed by atoms with Crippen molar-refractivity contribution < 1.29 is 23.5 Å². The van der Waals surface area contributed by atoms with Gasteiger partial charge in [0, 0.05) is 31.1 Å². The highest BCUT2D eigenvalue weighted by Crippen LogP contribution is 2.34. The monoisotopic (exact) mass is 521 g/mol. The van der Waals surface area contributed by atoms with Crippen molar-refractivity contribution in [3.8, 4) is 17.1 Å². The first-order chi connectivity index (χ1) is 18.4. The predicted octanol–water partition coefficient (Wildman–Crippen LogP) is 2.00. The maximum absolute atomic E-state index is 14.4. The van der Waals surface area contributed by atoms with Crippen molar-refractivity contribution in [1.82, 2.24) is 25.2 Å². The number of nitrogen functional groups attached to an aromatic ring is 1. The lowest BCUT2D eigenvalue weighted by Crippen LogP contribution is -2.42. The van der Waals surface area contributed by atoms with E-state index >= 15 is 0 Å². The van der Waals surface area contributed by atoms with E-state index in [0.717, 1.165) is 5.56 Å². The average Bonchev–Trinajstić information content (AvgIpc) is 2.92. The zero-order chi connectivity index (χ0) is 26.6. The molecule has 2 aliphatic rings. The van der Waals surface area contributed by atoms with Crippen LogP contribution in [0.2, 0.25) is 0 Å². The highest BCUT2D eigenvalue weighted by Gasteiger charge is 2.30. The predicted molar refractivity (Wildman–Crippen MR) is 137 cm³/mol. The van der Waals surface area contributed by atoms with Crippen LogP contribution >= 0.6 is 0 Å². The third-order valence-corrected chi connectivity index (χ3v) is 6.43. The number of anilines is 1. The van der Waals surface area contributed by atoms with Gasteiger partial charge in [-0.2, -0.15) is 0 Å². The summed E-state index contributed by atoms with van der Waals surface area (Å²) in [5, 5.41) is 7.64. The molecule has 1 unspecified atom stereocenters. The molecule has 1 fully saturated rings. The minimum Gasteiger partial charge on any atom is -0.481 e. The number of nitrogens with one attached hydrogen (secondary N) is 1. The van der Waals surface area contributed by atoms with Crippen molar-refractivity contribution in [2.24, 2.45) is 5.16 Å². The lowest BCUT2D eigenvalue weighted by Gasteiger charge is -2.30. The number of pyridine rings is 1. The van der Waals surface area contributed by atoms with Gasteiger partial charge in [0.2, 0.25) is 11.8 Å². The Balaban J connectivity index is 1.48. The number of carbonyl (C=O) groups is 1. The lowest BCUT2D eigenvalue weighted by atomic mass is 9.90. The van der Waals surface area contributed by atoms with Crippen molar-refractivity contribution in [3.05, 3.63) is 64.7 Å². The smallest absolute Gasteiger partial charge is 0.263 e. The van der Waals surface area contributed by atoms with Gasteiger partial charge in [-0.05, 0) is 30.7 Å². The number of hydrogen-bond donors (Lipinski definition) is 2. The van der Waals surface area contributed by atoms with Gasteiger partial charge in [0.25, 0.3) is 5.91 Å². The van der Waals surface area contributed by atoms with Gasteiger partial charge in [0.1, 0.15) is 5.82 Å². The summed E-state index contributed by atoms with van der Waals surface area (Å²) in [7, 11) is 1.53. The quantitative estimate of drug-likeness (QED) is 0.467. The Morgan fingerprint density at radius 2 is 2.05 bits per heavy atom. The number of rotatable bonds is 6. The van der Waals surface area contributed by atoms with Crippen LogP contribution in [0.15, 0.2) is 41.6 Å². The lowest BCUT2D eigenvalue weighted by molar-refractivity contribution is -0.140. The van der Waals surface area contributed by atoms with Crippen molar-refractivity contribution in [1.29, 1.82) is 0 Å². The first-order valence-corrected chi connectivity index (χ1v) is 12.2. The van der Waals surface area contributed by atoms with Gasteiger partial charge in [-0.25, -0.2) is 19.3 Å². The van der Waals surface area contributed by atoms with Crippen molar-refractivity contribution >= 4 is 17.7 Å². The fraction of sp³-hybridized carbons (Fsp3) is 0.346. The van der Waals surface area contributed by atoms with Gasteiger partial charge in [-0.3, -0.25) is 4.79 Å². The number of amidine groups is 1. The van der Waals surface area contributed by atoms with Crippen LogP contribution in [0, 0.1) is 12.7 Å². The number of oxime groups is 1. The van der Waals surface area contributed by atoms with Crippen LogP contribution in [0.3, 0.4) is 0 Å².